The lowest BCUT2D eigenvalue weighted by atomic mass is 10.1. The van der Waals surface area contributed by atoms with Gasteiger partial charge in [0.25, 0.3) is 0 Å². The van der Waals surface area contributed by atoms with Gasteiger partial charge in [0, 0.05) is 23.2 Å². The van der Waals surface area contributed by atoms with Crippen LogP contribution in [0.1, 0.15) is 1.37 Å². The van der Waals surface area contributed by atoms with Gasteiger partial charge >= 0.3 is 0 Å². The molecular weight excluding hydrogens is 241 g/mol. The van der Waals surface area contributed by atoms with Crippen LogP contribution in [0, 0.1) is 17.5 Å². The van der Waals surface area contributed by atoms with Crippen molar-refractivity contribution in [3.8, 4) is 11.3 Å². The van der Waals surface area contributed by atoms with Crippen molar-refractivity contribution >= 4 is 11.0 Å². The zero-order chi connectivity index (χ0) is 13.6. The first-order valence-corrected chi connectivity index (χ1v) is 5.16. The molecule has 1 N–H and O–H groups in total. The van der Waals surface area contributed by atoms with Crippen LogP contribution >= 0.6 is 0 Å². The molecule has 0 bridgehead atoms. The van der Waals surface area contributed by atoms with Crippen LogP contribution in [0.4, 0.5) is 13.2 Å². The van der Waals surface area contributed by atoms with Gasteiger partial charge in [-0.15, -0.1) is 0 Å². The summed E-state index contributed by atoms with van der Waals surface area (Å²) < 4.78 is 47.5. The predicted octanol–water partition coefficient (Wildman–Crippen LogP) is 3.65. The molecule has 0 unspecified atom stereocenters. The highest BCUT2D eigenvalue weighted by Crippen LogP contribution is 2.27. The van der Waals surface area contributed by atoms with Gasteiger partial charge in [0.15, 0.2) is 11.6 Å². The molecule has 0 radical (unpaired) electrons. The topological polar surface area (TPSA) is 28.7 Å². The number of benzene rings is 1. The zero-order valence-corrected chi connectivity index (χ0v) is 8.97. The maximum atomic E-state index is 13.8. The van der Waals surface area contributed by atoms with Crippen molar-refractivity contribution in [2.24, 2.45) is 0 Å². The lowest BCUT2D eigenvalue weighted by molar-refractivity contribution is 0.497. The highest BCUT2D eigenvalue weighted by molar-refractivity contribution is 5.82. The molecule has 18 heavy (non-hydrogen) atoms. The molecule has 1 aromatic carbocycles. The number of halogens is 3. The summed E-state index contributed by atoms with van der Waals surface area (Å²) >= 11 is 0. The van der Waals surface area contributed by atoms with E-state index in [4.69, 9.17) is 1.37 Å². The molecule has 5 heteroatoms. The first kappa shape index (κ1) is 9.70. The standard InChI is InChI=1S/C13H7F3N2/c14-8-5-9(12(16)10(15)6-8)11-4-7-2-1-3-17-13(7)18-11/h1-6H,(H,17,18)/i6D. The quantitative estimate of drug-likeness (QED) is 0.655. The summed E-state index contributed by atoms with van der Waals surface area (Å²) in [6, 6.07) is 4.71. The van der Waals surface area contributed by atoms with E-state index < -0.39 is 23.5 Å². The summed E-state index contributed by atoms with van der Waals surface area (Å²) in [5.41, 5.74) is 0.445. The molecule has 0 saturated heterocycles. The summed E-state index contributed by atoms with van der Waals surface area (Å²) in [5.74, 6) is -3.86. The summed E-state index contributed by atoms with van der Waals surface area (Å²) in [6.45, 7) is 0. The number of pyridine rings is 1. The molecule has 0 atom stereocenters. The minimum Gasteiger partial charge on any atom is -0.339 e. The smallest absolute Gasteiger partial charge is 0.168 e. The Bertz CT molecular complexity index is 750. The number of nitrogens with zero attached hydrogens (tertiary/aromatic N) is 1. The van der Waals surface area contributed by atoms with Crippen molar-refractivity contribution in [2.45, 2.75) is 0 Å². The molecule has 0 amide bonds. The first-order chi connectivity index (χ1) is 9.08. The molecule has 3 aromatic rings. The minimum atomic E-state index is -1.50. The molecule has 0 saturated carbocycles. The highest BCUT2D eigenvalue weighted by Gasteiger charge is 2.14. The van der Waals surface area contributed by atoms with Gasteiger partial charge in [0.05, 0.1) is 7.06 Å². The van der Waals surface area contributed by atoms with E-state index in [-0.39, 0.29) is 11.3 Å². The molecule has 90 valence electrons. The fraction of sp³-hybridized carbons (Fsp3) is 0. The van der Waals surface area contributed by atoms with Gasteiger partial charge in [-0.3, -0.25) is 0 Å². The number of hydrogen-bond acceptors (Lipinski definition) is 1. The number of aromatic amines is 1. The van der Waals surface area contributed by atoms with Gasteiger partial charge in [-0.25, -0.2) is 18.2 Å². The molecule has 0 aliphatic carbocycles. The van der Waals surface area contributed by atoms with E-state index >= 15 is 0 Å². The van der Waals surface area contributed by atoms with E-state index in [9.17, 15) is 13.2 Å². The Labute approximate surface area is 102 Å². The molecule has 0 aliphatic heterocycles. The Hall–Kier alpha value is -2.30. The Morgan fingerprint density at radius 3 is 2.83 bits per heavy atom. The van der Waals surface area contributed by atoms with Crippen LogP contribution in [-0.2, 0) is 0 Å². The van der Waals surface area contributed by atoms with Crippen molar-refractivity contribution in [1.82, 2.24) is 9.97 Å². The molecule has 3 rings (SSSR count). The van der Waals surface area contributed by atoms with Crippen LogP contribution in [-0.4, -0.2) is 9.97 Å². The Kier molecular flexibility index (Phi) is 2.09. The summed E-state index contributed by atoms with van der Waals surface area (Å²) in [5, 5.41) is 0.702. The minimum absolute atomic E-state index is 0.212. The molecule has 0 spiro atoms. The molecule has 0 aliphatic rings. The van der Waals surface area contributed by atoms with Crippen LogP contribution < -0.4 is 0 Å². The summed E-state index contributed by atoms with van der Waals surface area (Å²) in [4.78, 5) is 6.80. The average molecular weight is 249 g/mol. The number of rotatable bonds is 1. The van der Waals surface area contributed by atoms with E-state index in [0.29, 0.717) is 11.0 Å². The third kappa shape index (κ3) is 1.64. The molecule has 2 heterocycles. The Morgan fingerprint density at radius 1 is 1.22 bits per heavy atom. The fourth-order valence-electron chi connectivity index (χ4n) is 1.80. The van der Waals surface area contributed by atoms with Gasteiger partial charge < -0.3 is 4.98 Å². The normalized spacial score (nSPS) is 11.8. The number of H-pyrrole nitrogens is 1. The largest absolute Gasteiger partial charge is 0.339 e. The van der Waals surface area contributed by atoms with Gasteiger partial charge in [-0.1, -0.05) is 0 Å². The third-order valence-electron chi connectivity index (χ3n) is 2.61. The van der Waals surface area contributed by atoms with Crippen LogP contribution in [0.25, 0.3) is 22.3 Å². The van der Waals surface area contributed by atoms with Gasteiger partial charge in [0.2, 0.25) is 0 Å². The molecule has 2 aromatic heterocycles. The Morgan fingerprint density at radius 2 is 2.06 bits per heavy atom. The third-order valence-corrected chi connectivity index (χ3v) is 2.61. The fourth-order valence-corrected chi connectivity index (χ4v) is 1.80. The second-order valence-corrected chi connectivity index (χ2v) is 3.78. The number of nitrogens with one attached hydrogen (secondary N) is 1. The highest BCUT2D eigenvalue weighted by atomic mass is 19.2. The maximum absolute atomic E-state index is 13.8. The molecule has 0 fully saturated rings. The van der Waals surface area contributed by atoms with Crippen molar-refractivity contribution in [3.63, 3.8) is 0 Å². The monoisotopic (exact) mass is 249 g/mol. The van der Waals surface area contributed by atoms with Crippen molar-refractivity contribution in [3.05, 3.63) is 54.0 Å². The molecule has 2 nitrogen and oxygen atoms in total. The van der Waals surface area contributed by atoms with E-state index in [1.54, 1.807) is 24.4 Å². The van der Waals surface area contributed by atoms with E-state index in [1.807, 2.05) is 0 Å². The SMILES string of the molecule is [2H]c1c(F)cc(-c2cc3cccnc3[nH]2)c(F)c1F. The number of aromatic nitrogens is 2. The lowest BCUT2D eigenvalue weighted by Crippen LogP contribution is -1.92. The van der Waals surface area contributed by atoms with E-state index in [0.717, 1.165) is 6.07 Å². The number of hydrogen-bond donors (Lipinski definition) is 1. The second-order valence-electron chi connectivity index (χ2n) is 3.78. The van der Waals surface area contributed by atoms with Crippen LogP contribution in [0.2, 0.25) is 0 Å². The van der Waals surface area contributed by atoms with Crippen LogP contribution in [0.15, 0.2) is 36.5 Å². The van der Waals surface area contributed by atoms with Crippen molar-refractivity contribution in [2.75, 3.05) is 0 Å². The van der Waals surface area contributed by atoms with Crippen LogP contribution in [0.5, 0.6) is 0 Å². The van der Waals surface area contributed by atoms with Gasteiger partial charge in [-0.2, -0.15) is 0 Å². The molecular formula is C13H7F3N2. The second kappa shape index (κ2) is 3.87. The summed E-state index contributed by atoms with van der Waals surface area (Å²) in [7, 11) is 0. The van der Waals surface area contributed by atoms with Gasteiger partial charge in [0.1, 0.15) is 11.5 Å². The maximum Gasteiger partial charge on any atom is 0.168 e. The summed E-state index contributed by atoms with van der Waals surface area (Å²) in [6.07, 6.45) is 1.55. The average Bonchev–Trinajstić information content (AvgIpc) is 2.84. The lowest BCUT2D eigenvalue weighted by Gasteiger charge is -2.01. The van der Waals surface area contributed by atoms with Crippen LogP contribution in [0.3, 0.4) is 0 Å². The predicted molar refractivity (Wildman–Crippen MR) is 61.4 cm³/mol. The Balaban J connectivity index is 2.27. The van der Waals surface area contributed by atoms with Crippen molar-refractivity contribution < 1.29 is 14.5 Å². The number of fused-ring (bicyclic) bond motifs is 1. The first-order valence-electron chi connectivity index (χ1n) is 5.66. The van der Waals surface area contributed by atoms with Crippen molar-refractivity contribution in [1.29, 1.82) is 0 Å². The van der Waals surface area contributed by atoms with E-state index in [2.05, 4.69) is 9.97 Å². The zero-order valence-electron chi connectivity index (χ0n) is 9.97. The van der Waals surface area contributed by atoms with E-state index in [1.165, 1.54) is 0 Å². The van der Waals surface area contributed by atoms with Gasteiger partial charge in [-0.05, 0) is 24.3 Å².